The number of benzene rings is 2. The number of ether oxygens (including phenoxy) is 2. The van der Waals surface area contributed by atoms with Crippen molar-refractivity contribution in [3.63, 3.8) is 0 Å². The summed E-state index contributed by atoms with van der Waals surface area (Å²) in [6.07, 6.45) is 4.93. The van der Waals surface area contributed by atoms with E-state index in [9.17, 15) is 14.7 Å². The number of carbonyl (C=O) groups is 2. The molecule has 3 atom stereocenters. The fourth-order valence-electron chi connectivity index (χ4n) is 5.91. The molecule has 2 amide bonds. The molecule has 1 saturated carbocycles. The average Bonchev–Trinajstić information content (AvgIpc) is 3.56. The van der Waals surface area contributed by atoms with Gasteiger partial charge in [0.1, 0.15) is 6.54 Å². The second kappa shape index (κ2) is 8.94. The van der Waals surface area contributed by atoms with Gasteiger partial charge in [0.05, 0.1) is 18.7 Å². The number of piperazine rings is 1. The largest absolute Gasteiger partial charge is 0.454 e. The standard InChI is InChI=1S/C28H28N2O5/c31-16-23-27(20-9-7-19(8-10-20)6-5-18-3-1-2-4-18)22-14-29(15-26(32)30(22)23)28(33)21-11-12-24-25(13-21)35-17-34-24/h7-13,18,22-23,27,31H,1-4,14-17H2/t22-,23+,27-/m1/s1. The zero-order valence-corrected chi connectivity index (χ0v) is 19.5. The van der Waals surface area contributed by atoms with Crippen molar-refractivity contribution in [2.75, 3.05) is 26.5 Å². The van der Waals surface area contributed by atoms with Gasteiger partial charge in [-0.25, -0.2) is 0 Å². The van der Waals surface area contributed by atoms with E-state index in [0.29, 0.717) is 29.5 Å². The van der Waals surface area contributed by atoms with Crippen molar-refractivity contribution >= 4 is 11.8 Å². The molecule has 1 aliphatic carbocycles. The first-order valence-corrected chi connectivity index (χ1v) is 12.3. The van der Waals surface area contributed by atoms with E-state index in [1.165, 1.54) is 25.7 Å². The molecule has 4 aliphatic rings. The first-order valence-electron chi connectivity index (χ1n) is 12.3. The molecular formula is C28H28N2O5. The summed E-state index contributed by atoms with van der Waals surface area (Å²) in [6, 6.07) is 12.8. The predicted molar refractivity (Wildman–Crippen MR) is 128 cm³/mol. The van der Waals surface area contributed by atoms with Crippen LogP contribution >= 0.6 is 0 Å². The molecule has 180 valence electrons. The minimum atomic E-state index is -0.272. The molecule has 6 rings (SSSR count). The third-order valence-electron chi connectivity index (χ3n) is 7.73. The van der Waals surface area contributed by atoms with E-state index in [1.54, 1.807) is 28.0 Å². The highest BCUT2D eigenvalue weighted by Gasteiger charge is 2.54. The fourth-order valence-corrected chi connectivity index (χ4v) is 5.91. The van der Waals surface area contributed by atoms with Crippen molar-refractivity contribution in [3.8, 4) is 23.3 Å². The summed E-state index contributed by atoms with van der Waals surface area (Å²) < 4.78 is 10.7. The van der Waals surface area contributed by atoms with Crippen LogP contribution in [0.5, 0.6) is 11.5 Å². The molecule has 0 radical (unpaired) electrons. The molecule has 3 heterocycles. The second-order valence-electron chi connectivity index (χ2n) is 9.77. The van der Waals surface area contributed by atoms with Crippen molar-refractivity contribution < 1.29 is 24.2 Å². The van der Waals surface area contributed by atoms with Crippen LogP contribution < -0.4 is 9.47 Å². The van der Waals surface area contributed by atoms with Gasteiger partial charge >= 0.3 is 0 Å². The van der Waals surface area contributed by atoms with Crippen molar-refractivity contribution in [2.24, 2.45) is 5.92 Å². The number of rotatable bonds is 3. The molecule has 7 nitrogen and oxygen atoms in total. The van der Waals surface area contributed by atoms with E-state index in [0.717, 1.165) is 11.1 Å². The van der Waals surface area contributed by atoms with E-state index >= 15 is 0 Å². The lowest BCUT2D eigenvalue weighted by atomic mass is 9.73. The zero-order valence-electron chi connectivity index (χ0n) is 19.5. The molecule has 0 unspecified atom stereocenters. The monoisotopic (exact) mass is 472 g/mol. The molecule has 1 N–H and O–H groups in total. The Morgan fingerprint density at radius 3 is 2.60 bits per heavy atom. The maximum Gasteiger partial charge on any atom is 0.254 e. The third kappa shape index (κ3) is 3.92. The van der Waals surface area contributed by atoms with Crippen LogP contribution in [0.1, 0.15) is 53.1 Å². The number of hydrogen-bond donors (Lipinski definition) is 1. The Kier molecular flexibility index (Phi) is 5.62. The smallest absolute Gasteiger partial charge is 0.254 e. The number of aliphatic hydroxyl groups is 1. The molecule has 7 heteroatoms. The van der Waals surface area contributed by atoms with Crippen LogP contribution in [0.25, 0.3) is 0 Å². The highest BCUT2D eigenvalue weighted by molar-refractivity contribution is 5.98. The van der Waals surface area contributed by atoms with Crippen LogP contribution in [0.4, 0.5) is 0 Å². The highest BCUT2D eigenvalue weighted by atomic mass is 16.7. The average molecular weight is 473 g/mol. The van der Waals surface area contributed by atoms with Gasteiger partial charge in [-0.3, -0.25) is 9.59 Å². The normalized spacial score (nSPS) is 25.1. The summed E-state index contributed by atoms with van der Waals surface area (Å²) in [5, 5.41) is 10.1. The van der Waals surface area contributed by atoms with Gasteiger partial charge in [-0.1, -0.05) is 36.8 Å². The van der Waals surface area contributed by atoms with Crippen LogP contribution in [0.15, 0.2) is 42.5 Å². The fraction of sp³-hybridized carbons (Fsp3) is 0.429. The molecule has 0 bridgehead atoms. The van der Waals surface area contributed by atoms with Crippen LogP contribution in [0, 0.1) is 17.8 Å². The zero-order chi connectivity index (χ0) is 23.9. The highest BCUT2D eigenvalue weighted by Crippen LogP contribution is 2.43. The lowest BCUT2D eigenvalue weighted by Gasteiger charge is -2.58. The Balaban J connectivity index is 1.19. The first-order chi connectivity index (χ1) is 17.1. The van der Waals surface area contributed by atoms with Crippen LogP contribution in [-0.2, 0) is 4.79 Å². The van der Waals surface area contributed by atoms with Gasteiger partial charge in [-0.2, -0.15) is 0 Å². The molecule has 3 aliphatic heterocycles. The number of nitrogens with zero attached hydrogens (tertiary/aromatic N) is 2. The summed E-state index contributed by atoms with van der Waals surface area (Å²) in [4.78, 5) is 29.5. The molecule has 2 saturated heterocycles. The van der Waals surface area contributed by atoms with Gasteiger partial charge in [-0.05, 0) is 48.7 Å². The number of hydrogen-bond acceptors (Lipinski definition) is 5. The lowest BCUT2D eigenvalue weighted by Crippen LogP contribution is -2.73. The Morgan fingerprint density at radius 1 is 1.06 bits per heavy atom. The quantitative estimate of drug-likeness (QED) is 0.695. The van der Waals surface area contributed by atoms with E-state index in [4.69, 9.17) is 9.47 Å². The predicted octanol–water partition coefficient (Wildman–Crippen LogP) is 2.77. The summed E-state index contributed by atoms with van der Waals surface area (Å²) in [7, 11) is 0. The number of aliphatic hydroxyl groups excluding tert-OH is 1. The lowest BCUT2D eigenvalue weighted by molar-refractivity contribution is -0.159. The SMILES string of the molecule is O=C(c1ccc2c(c1)OCO2)N1CC(=O)N2[C@H](C1)[C@@H](c1ccc(C#CC3CCCC3)cc1)[C@@H]2CO. The van der Waals surface area contributed by atoms with Crippen LogP contribution in [0.2, 0.25) is 0 Å². The van der Waals surface area contributed by atoms with Gasteiger partial charge in [0.25, 0.3) is 5.91 Å². The topological polar surface area (TPSA) is 79.3 Å². The Morgan fingerprint density at radius 2 is 1.83 bits per heavy atom. The van der Waals surface area contributed by atoms with E-state index in [1.807, 2.05) is 24.3 Å². The minimum absolute atomic E-state index is 0.00267. The second-order valence-corrected chi connectivity index (χ2v) is 9.77. The van der Waals surface area contributed by atoms with Gasteiger partial charge in [0, 0.05) is 29.5 Å². The van der Waals surface area contributed by atoms with Crippen molar-refractivity contribution in [2.45, 2.75) is 43.7 Å². The summed E-state index contributed by atoms with van der Waals surface area (Å²) in [6.45, 7) is 0.458. The summed E-state index contributed by atoms with van der Waals surface area (Å²) >= 11 is 0. The van der Waals surface area contributed by atoms with E-state index in [-0.39, 0.29) is 49.8 Å². The number of amides is 2. The van der Waals surface area contributed by atoms with E-state index in [2.05, 4.69) is 11.8 Å². The van der Waals surface area contributed by atoms with Gasteiger partial charge in [0.2, 0.25) is 12.7 Å². The van der Waals surface area contributed by atoms with Gasteiger partial charge in [-0.15, -0.1) is 0 Å². The summed E-state index contributed by atoms with van der Waals surface area (Å²) in [5.74, 6) is 7.98. The van der Waals surface area contributed by atoms with E-state index < -0.39 is 0 Å². The molecule has 2 aromatic carbocycles. The van der Waals surface area contributed by atoms with Crippen LogP contribution in [0.3, 0.4) is 0 Å². The van der Waals surface area contributed by atoms with Gasteiger partial charge < -0.3 is 24.4 Å². The summed E-state index contributed by atoms with van der Waals surface area (Å²) in [5.41, 5.74) is 2.51. The van der Waals surface area contributed by atoms with Crippen LogP contribution in [-0.4, -0.2) is 65.3 Å². The maximum atomic E-state index is 13.2. The molecule has 3 fully saturated rings. The molecule has 2 aromatic rings. The molecule has 0 spiro atoms. The minimum Gasteiger partial charge on any atom is -0.454 e. The van der Waals surface area contributed by atoms with Gasteiger partial charge in [0.15, 0.2) is 11.5 Å². The Labute approximate surface area is 204 Å². The third-order valence-corrected chi connectivity index (χ3v) is 7.73. The first kappa shape index (κ1) is 22.0. The molecule has 35 heavy (non-hydrogen) atoms. The van der Waals surface area contributed by atoms with Crippen molar-refractivity contribution in [1.29, 1.82) is 0 Å². The maximum absolute atomic E-state index is 13.2. The molecule has 0 aromatic heterocycles. The Bertz CT molecular complexity index is 1210. The number of carbonyl (C=O) groups excluding carboxylic acids is 2. The molecular weight excluding hydrogens is 444 g/mol. The number of fused-ring (bicyclic) bond motifs is 2. The van der Waals surface area contributed by atoms with Crippen molar-refractivity contribution in [3.05, 3.63) is 59.2 Å². The van der Waals surface area contributed by atoms with Crippen molar-refractivity contribution in [1.82, 2.24) is 9.80 Å². The Hall–Kier alpha value is -3.50.